The largest absolute Gasteiger partial charge is 0.462 e. The number of esters is 2. The Labute approximate surface area is 345 Å². The van der Waals surface area contributed by atoms with E-state index >= 15 is 0 Å². The van der Waals surface area contributed by atoms with E-state index in [-0.39, 0.29) is 19.4 Å². The van der Waals surface area contributed by atoms with E-state index in [0.717, 1.165) is 64.2 Å². The summed E-state index contributed by atoms with van der Waals surface area (Å²) in [6.45, 7) is 3.71. The molecule has 0 aliphatic carbocycles. The highest BCUT2D eigenvalue weighted by atomic mass is 32.2. The molecule has 0 aromatic rings. The molecule has 1 heterocycles. The van der Waals surface area contributed by atoms with E-state index in [1.165, 1.54) is 83.5 Å². The number of allylic oxidation sites excluding steroid dienone is 4. The van der Waals surface area contributed by atoms with Crippen LogP contribution in [-0.4, -0.2) is 96.0 Å². The highest BCUT2D eigenvalue weighted by molar-refractivity contribution is 7.85. The summed E-state index contributed by atoms with van der Waals surface area (Å²) >= 11 is 0. The van der Waals surface area contributed by atoms with Crippen LogP contribution in [0.4, 0.5) is 0 Å². The van der Waals surface area contributed by atoms with Crippen LogP contribution in [-0.2, 0) is 38.7 Å². The number of hydrogen-bond donors (Lipinski definition) is 4. The number of ether oxygens (including phenoxy) is 4. The van der Waals surface area contributed by atoms with Gasteiger partial charge in [0, 0.05) is 12.8 Å². The molecule has 6 atom stereocenters. The fraction of sp³-hybridized carbons (Fsp3) is 0.864. The molecule has 0 spiro atoms. The van der Waals surface area contributed by atoms with Gasteiger partial charge >= 0.3 is 11.9 Å². The third kappa shape index (κ3) is 29.9. The second-order valence-electron chi connectivity index (χ2n) is 15.7. The van der Waals surface area contributed by atoms with E-state index in [0.29, 0.717) is 12.8 Å². The smallest absolute Gasteiger partial charge is 0.306 e. The molecular formula is C44H80O12S. The van der Waals surface area contributed by atoms with Crippen molar-refractivity contribution in [1.29, 1.82) is 0 Å². The molecule has 1 rings (SSSR count). The van der Waals surface area contributed by atoms with Crippen LogP contribution in [0.15, 0.2) is 24.3 Å². The zero-order chi connectivity index (χ0) is 42.0. The Hall–Kier alpha value is -1.87. The summed E-state index contributed by atoms with van der Waals surface area (Å²) < 4.78 is 54.0. The van der Waals surface area contributed by atoms with Crippen molar-refractivity contribution in [1.82, 2.24) is 0 Å². The van der Waals surface area contributed by atoms with Crippen LogP contribution in [0.1, 0.15) is 187 Å². The van der Waals surface area contributed by atoms with Crippen LogP contribution in [0.2, 0.25) is 0 Å². The van der Waals surface area contributed by atoms with Gasteiger partial charge in [-0.05, 0) is 38.5 Å². The van der Waals surface area contributed by atoms with Gasteiger partial charge in [0.1, 0.15) is 36.8 Å². The van der Waals surface area contributed by atoms with E-state index in [9.17, 15) is 37.9 Å². The molecule has 0 aromatic carbocycles. The predicted octanol–water partition coefficient (Wildman–Crippen LogP) is 8.84. The van der Waals surface area contributed by atoms with Crippen molar-refractivity contribution in [3.05, 3.63) is 24.3 Å². The van der Waals surface area contributed by atoms with Gasteiger partial charge in [-0.15, -0.1) is 0 Å². The normalized spacial score (nSPS) is 20.7. The SMILES string of the molecule is CCCC/C=C\C/C=C\CCCCCCCC(=O)OC(COC(=O)CCCCCCCCCCCCCCCCC)COC1OC(CS(=O)(=O)O)C(O)C(O)C1O. The molecule has 4 N–H and O–H groups in total. The minimum absolute atomic E-state index is 0.151. The zero-order valence-electron chi connectivity index (χ0n) is 35.4. The number of aliphatic hydroxyl groups excluding tert-OH is 3. The van der Waals surface area contributed by atoms with Crippen molar-refractivity contribution >= 4 is 22.1 Å². The first-order chi connectivity index (χ1) is 27.5. The highest BCUT2D eigenvalue weighted by Crippen LogP contribution is 2.24. The van der Waals surface area contributed by atoms with Crippen LogP contribution >= 0.6 is 0 Å². The van der Waals surface area contributed by atoms with Gasteiger partial charge in [-0.3, -0.25) is 14.1 Å². The van der Waals surface area contributed by atoms with E-state index in [4.69, 9.17) is 18.9 Å². The second kappa shape index (κ2) is 34.9. The lowest BCUT2D eigenvalue weighted by atomic mass is 10.00. The maximum Gasteiger partial charge on any atom is 0.306 e. The topological polar surface area (TPSA) is 186 Å². The Morgan fingerprint density at radius 2 is 1.07 bits per heavy atom. The van der Waals surface area contributed by atoms with Gasteiger partial charge in [0.15, 0.2) is 12.4 Å². The van der Waals surface area contributed by atoms with Crippen LogP contribution in [0.3, 0.4) is 0 Å². The molecule has 1 saturated heterocycles. The summed E-state index contributed by atoms with van der Waals surface area (Å²) in [5, 5.41) is 30.8. The van der Waals surface area contributed by atoms with Gasteiger partial charge in [0.2, 0.25) is 0 Å². The quantitative estimate of drug-likeness (QED) is 0.0202. The van der Waals surface area contributed by atoms with Gasteiger partial charge in [-0.2, -0.15) is 8.42 Å². The molecule has 1 aliphatic rings. The number of aliphatic hydroxyl groups is 3. The molecule has 13 heteroatoms. The molecule has 0 amide bonds. The van der Waals surface area contributed by atoms with E-state index in [2.05, 4.69) is 38.2 Å². The monoisotopic (exact) mass is 833 g/mol. The molecule has 12 nitrogen and oxygen atoms in total. The molecule has 57 heavy (non-hydrogen) atoms. The minimum atomic E-state index is -4.60. The van der Waals surface area contributed by atoms with Gasteiger partial charge in [0.05, 0.1) is 6.61 Å². The predicted molar refractivity (Wildman–Crippen MR) is 224 cm³/mol. The van der Waals surface area contributed by atoms with Crippen molar-refractivity contribution in [3.63, 3.8) is 0 Å². The standard InChI is InChI=1S/C44H80O12S/c1-3-5-7-9-11-13-15-17-19-21-22-24-26-28-30-32-39(45)53-34-37(35-54-44-43(49)42(48)41(47)38(56-44)36-57(50,51)52)55-40(46)33-31-29-27-25-23-20-18-16-14-12-10-8-6-4-2/h10,12,16,18,37-38,41-44,47-49H,3-9,11,13-15,17,19-36H2,1-2H3,(H,50,51,52)/b12-10-,18-16-. The van der Waals surface area contributed by atoms with Gasteiger partial charge in [0.25, 0.3) is 10.1 Å². The molecule has 0 bridgehead atoms. The molecule has 0 aromatic heterocycles. The van der Waals surface area contributed by atoms with Crippen LogP contribution in [0.25, 0.3) is 0 Å². The van der Waals surface area contributed by atoms with E-state index in [1.54, 1.807) is 0 Å². The third-order valence-electron chi connectivity index (χ3n) is 10.3. The summed E-state index contributed by atoms with van der Waals surface area (Å²) in [5.74, 6) is -1.99. The molecule has 1 aliphatic heterocycles. The second-order valence-corrected chi connectivity index (χ2v) is 17.2. The van der Waals surface area contributed by atoms with Crippen molar-refractivity contribution in [3.8, 4) is 0 Å². The lowest BCUT2D eigenvalue weighted by molar-refractivity contribution is -0.297. The molecule has 0 radical (unpaired) electrons. The fourth-order valence-electron chi connectivity index (χ4n) is 6.75. The number of carbonyl (C=O) groups excluding carboxylic acids is 2. The van der Waals surface area contributed by atoms with Crippen molar-refractivity contribution in [2.75, 3.05) is 19.0 Å². The van der Waals surface area contributed by atoms with Crippen molar-refractivity contribution in [2.45, 2.75) is 224 Å². The first kappa shape index (κ1) is 53.1. The van der Waals surface area contributed by atoms with Crippen molar-refractivity contribution in [2.24, 2.45) is 0 Å². The van der Waals surface area contributed by atoms with Gasteiger partial charge in [-0.25, -0.2) is 0 Å². The van der Waals surface area contributed by atoms with Crippen LogP contribution in [0, 0.1) is 0 Å². The number of hydrogen-bond acceptors (Lipinski definition) is 11. The summed E-state index contributed by atoms with van der Waals surface area (Å²) in [6, 6.07) is 0. The maximum absolute atomic E-state index is 12.8. The van der Waals surface area contributed by atoms with Crippen molar-refractivity contribution < 1.29 is 56.8 Å². The molecule has 6 unspecified atom stereocenters. The zero-order valence-corrected chi connectivity index (χ0v) is 36.3. The first-order valence-electron chi connectivity index (χ1n) is 22.4. The Morgan fingerprint density at radius 3 is 1.60 bits per heavy atom. The summed E-state index contributed by atoms with van der Waals surface area (Å²) in [7, 11) is -4.60. The lowest BCUT2D eigenvalue weighted by Gasteiger charge is -2.40. The van der Waals surface area contributed by atoms with Crippen LogP contribution in [0.5, 0.6) is 0 Å². The number of carbonyl (C=O) groups is 2. The third-order valence-corrected chi connectivity index (χ3v) is 11.0. The maximum atomic E-state index is 12.8. The summed E-state index contributed by atoms with van der Waals surface area (Å²) in [4.78, 5) is 25.4. The number of unbranched alkanes of at least 4 members (excludes halogenated alkanes) is 21. The Balaban J connectivity index is 2.46. The first-order valence-corrected chi connectivity index (χ1v) is 24.0. The summed E-state index contributed by atoms with van der Waals surface area (Å²) in [6.07, 6.45) is 27.9. The van der Waals surface area contributed by atoms with Gasteiger partial charge in [-0.1, -0.05) is 160 Å². The van der Waals surface area contributed by atoms with E-state index in [1.807, 2.05) is 0 Å². The van der Waals surface area contributed by atoms with Crippen LogP contribution < -0.4 is 0 Å². The number of rotatable bonds is 37. The average Bonchev–Trinajstić information content (AvgIpc) is 3.17. The molecule has 0 saturated carbocycles. The highest BCUT2D eigenvalue weighted by Gasteiger charge is 2.46. The molecular weight excluding hydrogens is 753 g/mol. The Morgan fingerprint density at radius 1 is 0.596 bits per heavy atom. The minimum Gasteiger partial charge on any atom is -0.462 e. The molecule has 1 fully saturated rings. The Bertz CT molecular complexity index is 1160. The lowest BCUT2D eigenvalue weighted by Crippen LogP contribution is -2.60. The average molecular weight is 833 g/mol. The van der Waals surface area contributed by atoms with Gasteiger partial charge < -0.3 is 34.3 Å². The fourth-order valence-corrected chi connectivity index (χ4v) is 7.44. The molecule has 334 valence electrons. The summed E-state index contributed by atoms with van der Waals surface area (Å²) in [5.41, 5.74) is 0. The Kier molecular flexibility index (Phi) is 32.6. The van der Waals surface area contributed by atoms with E-state index < -0.39 is 71.2 Å².